The van der Waals surface area contributed by atoms with Gasteiger partial charge in [0.25, 0.3) is 0 Å². The largest absolute Gasteiger partial charge is 0.254 e. The van der Waals surface area contributed by atoms with Gasteiger partial charge in [-0.15, -0.1) is 20.4 Å². The van der Waals surface area contributed by atoms with Crippen molar-refractivity contribution in [3.05, 3.63) is 144 Å². The van der Waals surface area contributed by atoms with Crippen molar-refractivity contribution in [2.45, 2.75) is 0 Å². The molecule has 0 unspecified atom stereocenters. The minimum absolute atomic E-state index is 0.495. The molecule has 5 rings (SSSR count). The molecule has 0 atom stereocenters. The first-order valence-corrected chi connectivity index (χ1v) is 15.5. The Morgan fingerprint density at radius 3 is 0.952 bits per heavy atom. The van der Waals surface area contributed by atoms with Crippen LogP contribution in [0.1, 0.15) is 22.3 Å². The van der Waals surface area contributed by atoms with E-state index in [0.717, 1.165) is 22.3 Å². The number of rotatable bonds is 4. The second-order valence-electron chi connectivity index (χ2n) is 8.72. The van der Waals surface area contributed by atoms with Gasteiger partial charge >= 0.3 is 0 Å². The number of benzene rings is 4. The van der Waals surface area contributed by atoms with Crippen molar-refractivity contribution in [3.8, 4) is 0 Å². The molecule has 10 heteroatoms. The first-order chi connectivity index (χ1) is 20.8. The van der Waals surface area contributed by atoms with Gasteiger partial charge in [0.1, 0.15) is 22.8 Å². The molecule has 0 aliphatic carbocycles. The zero-order chi connectivity index (χ0) is 29.0. The Morgan fingerprint density at radius 1 is 0.381 bits per heavy atom. The van der Waals surface area contributed by atoms with Gasteiger partial charge < -0.3 is 0 Å². The molecule has 0 amide bonds. The van der Waals surface area contributed by atoms with Gasteiger partial charge in [-0.25, -0.2) is 0 Å². The average Bonchev–Trinajstić information content (AvgIpc) is 3.06. The van der Waals surface area contributed by atoms with E-state index < -0.39 is 0 Å². The second kappa shape index (κ2) is 14.7. The van der Waals surface area contributed by atoms with Crippen molar-refractivity contribution in [1.82, 2.24) is 10.9 Å². The summed E-state index contributed by atoms with van der Waals surface area (Å²) in [5.74, 6) is 0. The third-order valence-corrected chi connectivity index (χ3v) is 7.15. The molecule has 4 aromatic rings. The Bertz CT molecular complexity index is 1540. The van der Waals surface area contributed by atoms with E-state index in [0.29, 0.717) is 33.2 Å². The van der Waals surface area contributed by atoms with E-state index in [1.165, 1.54) is 23.5 Å². The average molecular weight is 589 g/mol. The predicted octanol–water partition coefficient (Wildman–Crippen LogP) is 6.23. The number of hydrazone groups is 2. The molecular formula is C32H28N8S2. The second-order valence-corrected chi connectivity index (χ2v) is 10.3. The van der Waals surface area contributed by atoms with E-state index >= 15 is 0 Å². The number of nitrogens with zero attached hydrogens (tertiary/aromatic N) is 6. The van der Waals surface area contributed by atoms with Crippen molar-refractivity contribution >= 4 is 56.7 Å². The van der Waals surface area contributed by atoms with Crippen molar-refractivity contribution in [2.24, 2.45) is 30.6 Å². The molecule has 0 bridgehead atoms. The minimum atomic E-state index is 0.495. The van der Waals surface area contributed by atoms with Crippen LogP contribution >= 0.6 is 23.5 Å². The van der Waals surface area contributed by atoms with E-state index in [1.54, 1.807) is 0 Å². The van der Waals surface area contributed by atoms with Crippen LogP contribution in [-0.2, 0) is 0 Å². The third-order valence-electron chi connectivity index (χ3n) is 6.03. The zero-order valence-electron chi connectivity index (χ0n) is 23.0. The highest BCUT2D eigenvalue weighted by Gasteiger charge is 2.18. The fraction of sp³-hybridized carbons (Fsp3) is 0.0625. The summed E-state index contributed by atoms with van der Waals surface area (Å²) in [4.78, 5) is 0. The highest BCUT2D eigenvalue weighted by molar-refractivity contribution is 8.13. The molecule has 0 aromatic heterocycles. The lowest BCUT2D eigenvalue weighted by atomic mass is 10.00. The summed E-state index contributed by atoms with van der Waals surface area (Å²) in [6.07, 6.45) is 3.83. The van der Waals surface area contributed by atoms with E-state index in [1.807, 2.05) is 134 Å². The molecule has 4 aromatic carbocycles. The van der Waals surface area contributed by atoms with Crippen molar-refractivity contribution in [1.29, 1.82) is 0 Å². The van der Waals surface area contributed by atoms with Crippen LogP contribution in [0.25, 0.3) is 0 Å². The summed E-state index contributed by atoms with van der Waals surface area (Å²) >= 11 is 2.79. The summed E-state index contributed by atoms with van der Waals surface area (Å²) in [7, 11) is 0. The Labute approximate surface area is 253 Å². The van der Waals surface area contributed by atoms with Gasteiger partial charge in [0, 0.05) is 22.3 Å². The maximum absolute atomic E-state index is 4.81. The van der Waals surface area contributed by atoms with Crippen molar-refractivity contribution < 1.29 is 0 Å². The zero-order valence-corrected chi connectivity index (χ0v) is 24.7. The molecule has 1 aliphatic heterocycles. The lowest BCUT2D eigenvalue weighted by Crippen LogP contribution is -2.26. The van der Waals surface area contributed by atoms with Crippen LogP contribution in [0.3, 0.4) is 0 Å². The van der Waals surface area contributed by atoms with Crippen molar-refractivity contribution in [3.63, 3.8) is 0 Å². The molecule has 0 fully saturated rings. The number of amidine groups is 2. The third kappa shape index (κ3) is 7.28. The van der Waals surface area contributed by atoms with E-state index in [9.17, 15) is 0 Å². The smallest absolute Gasteiger partial charge is 0.203 e. The van der Waals surface area contributed by atoms with Crippen LogP contribution in [0.5, 0.6) is 0 Å². The predicted molar refractivity (Wildman–Crippen MR) is 180 cm³/mol. The lowest BCUT2D eigenvalue weighted by Gasteiger charge is -2.13. The topological polar surface area (TPSA) is 98.2 Å². The molecule has 0 radical (unpaired) electrons. The fourth-order valence-electron chi connectivity index (χ4n) is 3.99. The molecule has 0 saturated heterocycles. The molecule has 8 nitrogen and oxygen atoms in total. The summed E-state index contributed by atoms with van der Waals surface area (Å²) in [6, 6.07) is 39.4. The van der Waals surface area contributed by atoms with Gasteiger partial charge in [-0.05, 0) is 12.5 Å². The maximum Gasteiger partial charge on any atom is 0.203 e. The SMILES string of the molecule is CS/C1=N/N=C(c2ccccc2)/C(c2ccccc2)=N\N\C(SC)=N/N=C(c2ccccc2)/C(c2ccccc2)=N\N1. The first-order valence-electron chi connectivity index (χ1n) is 13.1. The van der Waals surface area contributed by atoms with Crippen LogP contribution in [0, 0.1) is 0 Å². The number of nitrogens with one attached hydrogen (secondary N) is 2. The Kier molecular flexibility index (Phi) is 10.1. The normalized spacial score (nSPS) is 21.9. The molecule has 2 N–H and O–H groups in total. The first kappa shape index (κ1) is 28.7. The summed E-state index contributed by atoms with van der Waals surface area (Å²) in [5, 5.41) is 29.2. The van der Waals surface area contributed by atoms with Crippen LogP contribution in [-0.4, -0.2) is 45.7 Å². The Balaban J connectivity index is 1.74. The van der Waals surface area contributed by atoms with Gasteiger partial charge in [-0.1, -0.05) is 145 Å². The van der Waals surface area contributed by atoms with Gasteiger partial charge in [0.05, 0.1) is 0 Å². The van der Waals surface area contributed by atoms with Crippen molar-refractivity contribution in [2.75, 3.05) is 12.5 Å². The molecule has 1 heterocycles. The quantitative estimate of drug-likeness (QED) is 0.295. The van der Waals surface area contributed by atoms with Gasteiger partial charge in [0.2, 0.25) is 10.3 Å². The summed E-state index contributed by atoms with van der Waals surface area (Å²) in [5.41, 5.74) is 12.1. The number of hydrogen-bond donors (Lipinski definition) is 2. The highest BCUT2D eigenvalue weighted by Crippen LogP contribution is 2.14. The van der Waals surface area contributed by atoms with Crippen LogP contribution < -0.4 is 10.9 Å². The van der Waals surface area contributed by atoms with Crippen LogP contribution in [0.15, 0.2) is 152 Å². The van der Waals surface area contributed by atoms with Gasteiger partial charge in [0.15, 0.2) is 0 Å². The Hall–Kier alpha value is -4.80. The standard InChI is InChI=1S/C32H28N8S2/c1-41-31-37-33-27(23-15-7-3-8-16-23)29(25-19-11-5-12-20-25)35-39-32(42-2)40-36-30(26-21-13-6-14-22-26)28(34-38-31)24-17-9-4-10-18-24/h3-22H,1-2H3,(H,37,38)(H,39,40)/b33-27-,34-28+,35-29+,36-30-. The van der Waals surface area contributed by atoms with Gasteiger partial charge in [-0.2, -0.15) is 10.2 Å². The molecule has 0 spiro atoms. The number of thioether (sulfide) groups is 2. The molecular weight excluding hydrogens is 561 g/mol. The fourth-order valence-corrected chi connectivity index (χ4v) is 4.51. The summed E-state index contributed by atoms with van der Waals surface area (Å²) < 4.78 is 0. The molecule has 0 saturated carbocycles. The number of hydrogen-bond acceptors (Lipinski definition) is 10. The van der Waals surface area contributed by atoms with E-state index in [2.05, 4.69) is 21.1 Å². The van der Waals surface area contributed by atoms with E-state index in [-0.39, 0.29) is 0 Å². The monoisotopic (exact) mass is 588 g/mol. The Morgan fingerprint density at radius 2 is 0.667 bits per heavy atom. The van der Waals surface area contributed by atoms with Gasteiger partial charge in [-0.3, -0.25) is 10.9 Å². The molecule has 42 heavy (non-hydrogen) atoms. The summed E-state index contributed by atoms with van der Waals surface area (Å²) in [6.45, 7) is 0. The van der Waals surface area contributed by atoms with Crippen LogP contribution in [0.2, 0.25) is 0 Å². The lowest BCUT2D eigenvalue weighted by molar-refractivity contribution is 1.02. The molecule has 208 valence electrons. The minimum Gasteiger partial charge on any atom is -0.254 e. The maximum atomic E-state index is 4.81. The van der Waals surface area contributed by atoms with E-state index in [4.69, 9.17) is 20.4 Å². The van der Waals surface area contributed by atoms with Crippen LogP contribution in [0.4, 0.5) is 0 Å². The highest BCUT2D eigenvalue weighted by atomic mass is 32.2. The molecule has 1 aliphatic rings.